The van der Waals surface area contributed by atoms with Crippen molar-refractivity contribution in [3.63, 3.8) is 0 Å². The van der Waals surface area contributed by atoms with E-state index in [0.29, 0.717) is 5.69 Å². The second-order valence-electron chi connectivity index (χ2n) is 6.77. The largest absolute Gasteiger partial charge is 0.366 e. The lowest BCUT2D eigenvalue weighted by atomic mass is 10.1. The van der Waals surface area contributed by atoms with Crippen LogP contribution in [0.15, 0.2) is 18.2 Å². The Morgan fingerprint density at radius 1 is 1.19 bits per heavy atom. The summed E-state index contributed by atoms with van der Waals surface area (Å²) >= 11 is 0. The van der Waals surface area contributed by atoms with E-state index in [2.05, 4.69) is 10.6 Å². The van der Waals surface area contributed by atoms with Crippen molar-refractivity contribution in [1.29, 1.82) is 0 Å². The summed E-state index contributed by atoms with van der Waals surface area (Å²) in [4.78, 5) is 36.9. The maximum Gasteiger partial charge on any atom is 0.293 e. The molecule has 0 spiro atoms. The molecule has 0 saturated carbocycles. The van der Waals surface area contributed by atoms with Crippen molar-refractivity contribution in [3.05, 3.63) is 33.9 Å². The Bertz CT molecular complexity index is 667. The number of benzene rings is 1. The Labute approximate surface area is 153 Å². The molecule has 1 aliphatic heterocycles. The number of carbonyl (C=O) groups excluding carboxylic acids is 2. The van der Waals surface area contributed by atoms with Gasteiger partial charge in [-0.05, 0) is 38.8 Å². The number of hydrogen-bond donors (Lipinski definition) is 2. The fraction of sp³-hybridized carbons (Fsp3) is 0.556. The normalized spacial score (nSPS) is 14.7. The average Bonchev–Trinajstić information content (AvgIpc) is 2.87. The van der Waals surface area contributed by atoms with Crippen LogP contribution in [0, 0.1) is 10.1 Å². The van der Waals surface area contributed by atoms with Gasteiger partial charge in [-0.15, -0.1) is 0 Å². The van der Waals surface area contributed by atoms with Crippen molar-refractivity contribution >= 4 is 23.2 Å². The van der Waals surface area contributed by atoms with Crippen molar-refractivity contribution in [2.24, 2.45) is 0 Å². The van der Waals surface area contributed by atoms with Gasteiger partial charge in [-0.2, -0.15) is 0 Å². The van der Waals surface area contributed by atoms with Crippen molar-refractivity contribution in [1.82, 2.24) is 10.6 Å². The van der Waals surface area contributed by atoms with E-state index < -0.39 is 10.8 Å². The maximum absolute atomic E-state index is 12.2. The highest BCUT2D eigenvalue weighted by molar-refractivity contribution is 5.97. The molecule has 8 nitrogen and oxygen atoms in total. The Morgan fingerprint density at radius 2 is 1.85 bits per heavy atom. The van der Waals surface area contributed by atoms with Crippen LogP contribution in [0.4, 0.5) is 11.4 Å². The van der Waals surface area contributed by atoms with Gasteiger partial charge in [-0.3, -0.25) is 19.7 Å². The number of carbonyl (C=O) groups is 2. The molecule has 1 fully saturated rings. The highest BCUT2D eigenvalue weighted by atomic mass is 16.6. The van der Waals surface area contributed by atoms with Gasteiger partial charge in [0, 0.05) is 30.8 Å². The highest BCUT2D eigenvalue weighted by Crippen LogP contribution is 2.31. The molecule has 8 heteroatoms. The maximum atomic E-state index is 12.2. The van der Waals surface area contributed by atoms with Crippen molar-refractivity contribution in [2.45, 2.75) is 45.6 Å². The van der Waals surface area contributed by atoms with Gasteiger partial charge in [0.15, 0.2) is 0 Å². The van der Waals surface area contributed by atoms with Gasteiger partial charge >= 0.3 is 0 Å². The summed E-state index contributed by atoms with van der Waals surface area (Å²) in [7, 11) is 0. The summed E-state index contributed by atoms with van der Waals surface area (Å²) in [6.45, 7) is 5.04. The van der Waals surface area contributed by atoms with E-state index in [0.717, 1.165) is 38.8 Å². The molecule has 1 aromatic carbocycles. The lowest BCUT2D eigenvalue weighted by molar-refractivity contribution is -0.384. The van der Waals surface area contributed by atoms with Gasteiger partial charge in [0.25, 0.3) is 11.6 Å². The molecule has 1 aromatic rings. The molecule has 0 atom stereocenters. The van der Waals surface area contributed by atoms with Gasteiger partial charge in [0.2, 0.25) is 5.91 Å². The molecule has 1 aliphatic rings. The van der Waals surface area contributed by atoms with E-state index in [-0.39, 0.29) is 29.7 Å². The van der Waals surface area contributed by atoms with Crippen LogP contribution in [-0.4, -0.2) is 42.4 Å². The van der Waals surface area contributed by atoms with Gasteiger partial charge in [-0.1, -0.05) is 12.8 Å². The van der Waals surface area contributed by atoms with Crippen molar-refractivity contribution < 1.29 is 14.5 Å². The number of nitrogens with zero attached hydrogens (tertiary/aromatic N) is 2. The third kappa shape index (κ3) is 5.44. The standard InChI is InChI=1S/C18H26N4O4/c1-13(2)20-17(23)12-19-18(24)14-7-8-15(16(11-14)22(25)26)21-9-5-3-4-6-10-21/h7-8,11,13H,3-6,9-10,12H2,1-2H3,(H,19,24)(H,20,23). The summed E-state index contributed by atoms with van der Waals surface area (Å²) in [6.07, 6.45) is 4.27. The molecule has 142 valence electrons. The highest BCUT2D eigenvalue weighted by Gasteiger charge is 2.22. The predicted octanol–water partition coefficient (Wildman–Crippen LogP) is 2.23. The number of anilines is 1. The second kappa shape index (κ2) is 9.17. The monoisotopic (exact) mass is 362 g/mol. The molecule has 2 amide bonds. The minimum absolute atomic E-state index is 0.0200. The Morgan fingerprint density at radius 3 is 2.42 bits per heavy atom. The topological polar surface area (TPSA) is 105 Å². The smallest absolute Gasteiger partial charge is 0.293 e. The number of hydrogen-bond acceptors (Lipinski definition) is 5. The molecule has 0 aromatic heterocycles. The minimum Gasteiger partial charge on any atom is -0.366 e. The van der Waals surface area contributed by atoms with Crippen molar-refractivity contribution in [3.8, 4) is 0 Å². The first-order chi connectivity index (χ1) is 12.4. The van der Waals surface area contributed by atoms with E-state index in [9.17, 15) is 19.7 Å². The summed E-state index contributed by atoms with van der Waals surface area (Å²) in [6, 6.07) is 4.47. The molecule has 26 heavy (non-hydrogen) atoms. The zero-order chi connectivity index (χ0) is 19.1. The van der Waals surface area contributed by atoms with Crippen LogP contribution in [0.25, 0.3) is 0 Å². The number of nitrogens with one attached hydrogen (secondary N) is 2. The molecule has 1 saturated heterocycles. The molecule has 0 bridgehead atoms. The number of rotatable bonds is 6. The Kier molecular flexibility index (Phi) is 6.94. The van der Waals surface area contributed by atoms with Crippen LogP contribution in [0.3, 0.4) is 0 Å². The summed E-state index contributed by atoms with van der Waals surface area (Å²) < 4.78 is 0. The zero-order valence-corrected chi connectivity index (χ0v) is 15.3. The van der Waals surface area contributed by atoms with Crippen LogP contribution in [0.2, 0.25) is 0 Å². The van der Waals surface area contributed by atoms with Gasteiger partial charge in [-0.25, -0.2) is 0 Å². The van der Waals surface area contributed by atoms with Crippen LogP contribution in [0.5, 0.6) is 0 Å². The van der Waals surface area contributed by atoms with E-state index in [1.54, 1.807) is 12.1 Å². The lowest BCUT2D eigenvalue weighted by Gasteiger charge is -2.22. The first-order valence-corrected chi connectivity index (χ1v) is 8.99. The van der Waals surface area contributed by atoms with Crippen LogP contribution in [0.1, 0.15) is 49.9 Å². The van der Waals surface area contributed by atoms with Gasteiger partial charge in [0.05, 0.1) is 11.5 Å². The first kappa shape index (κ1) is 19.7. The van der Waals surface area contributed by atoms with Gasteiger partial charge in [0.1, 0.15) is 5.69 Å². The summed E-state index contributed by atoms with van der Waals surface area (Å²) in [5.74, 6) is -0.807. The second-order valence-corrected chi connectivity index (χ2v) is 6.77. The fourth-order valence-corrected chi connectivity index (χ4v) is 3.03. The Hall–Kier alpha value is -2.64. The van der Waals surface area contributed by atoms with E-state index in [1.807, 2.05) is 18.7 Å². The first-order valence-electron chi connectivity index (χ1n) is 8.99. The summed E-state index contributed by atoms with van der Waals surface area (Å²) in [5.41, 5.74) is 0.643. The van der Waals surface area contributed by atoms with Crippen LogP contribution < -0.4 is 15.5 Å². The van der Waals surface area contributed by atoms with Crippen LogP contribution >= 0.6 is 0 Å². The number of nitro benzene ring substituents is 1. The minimum atomic E-state index is -0.505. The molecule has 0 radical (unpaired) electrons. The van der Waals surface area contributed by atoms with E-state index in [4.69, 9.17) is 0 Å². The molecular formula is C18H26N4O4. The van der Waals surface area contributed by atoms with E-state index in [1.165, 1.54) is 6.07 Å². The van der Waals surface area contributed by atoms with Crippen molar-refractivity contribution in [2.75, 3.05) is 24.5 Å². The molecule has 0 aliphatic carbocycles. The summed E-state index contributed by atoms with van der Waals surface area (Å²) in [5, 5.41) is 16.7. The third-order valence-electron chi connectivity index (χ3n) is 4.24. The number of nitro groups is 1. The zero-order valence-electron chi connectivity index (χ0n) is 15.3. The molecule has 1 heterocycles. The quantitative estimate of drug-likeness (QED) is 0.596. The third-order valence-corrected chi connectivity index (χ3v) is 4.24. The lowest BCUT2D eigenvalue weighted by Crippen LogP contribution is -2.39. The number of amides is 2. The average molecular weight is 362 g/mol. The van der Waals surface area contributed by atoms with Gasteiger partial charge < -0.3 is 15.5 Å². The molecule has 2 N–H and O–H groups in total. The van der Waals surface area contributed by atoms with E-state index >= 15 is 0 Å². The predicted molar refractivity (Wildman–Crippen MR) is 99.4 cm³/mol. The SMILES string of the molecule is CC(C)NC(=O)CNC(=O)c1ccc(N2CCCCCC2)c([N+](=O)[O-])c1. The fourth-order valence-electron chi connectivity index (χ4n) is 3.03. The molecule has 2 rings (SSSR count). The van der Waals surface area contributed by atoms with Crippen LogP contribution in [-0.2, 0) is 4.79 Å². The Balaban J connectivity index is 2.12. The molecule has 0 unspecified atom stereocenters. The molecular weight excluding hydrogens is 336 g/mol.